The van der Waals surface area contributed by atoms with Gasteiger partial charge in [-0.25, -0.2) is 0 Å². The molecule has 0 saturated carbocycles. The number of nitrogens with zero attached hydrogens (tertiary/aromatic N) is 3. The number of benzene rings is 1. The molecule has 1 aliphatic rings. The summed E-state index contributed by atoms with van der Waals surface area (Å²) in [6.45, 7) is 14.3. The first-order valence-electron chi connectivity index (χ1n) is 11.3. The summed E-state index contributed by atoms with van der Waals surface area (Å²) in [7, 11) is 0. The van der Waals surface area contributed by atoms with Crippen LogP contribution in [0.1, 0.15) is 32.3 Å². The largest absolute Gasteiger partial charge is 0.361 e. The third kappa shape index (κ3) is 7.74. The molecule has 1 saturated heterocycles. The number of para-hydroxylation sites is 1. The number of aromatic nitrogens is 1. The summed E-state index contributed by atoms with van der Waals surface area (Å²) in [6, 6.07) is 8.48. The standard InChI is InChI=1S/C23H38N6.HI/c1-3-24-23(25-12-7-8-14-29-17-15-28(4-2)16-18-29)26-13-11-20-19-27-22-10-6-5-9-21(20)22;/h5-6,9-10,19,27H,3-4,7-8,11-18H2,1-2H3,(H2,24,25,26);1H. The van der Waals surface area contributed by atoms with E-state index in [0.29, 0.717) is 0 Å². The number of piperazine rings is 1. The monoisotopic (exact) mass is 526 g/mol. The average molecular weight is 527 g/mol. The maximum absolute atomic E-state index is 4.76. The van der Waals surface area contributed by atoms with Crippen LogP contribution in [-0.2, 0) is 6.42 Å². The van der Waals surface area contributed by atoms with Crippen molar-refractivity contribution in [1.82, 2.24) is 25.4 Å². The quantitative estimate of drug-likeness (QED) is 0.193. The minimum atomic E-state index is 0. The van der Waals surface area contributed by atoms with Gasteiger partial charge in [-0.15, -0.1) is 24.0 Å². The molecule has 6 nitrogen and oxygen atoms in total. The van der Waals surface area contributed by atoms with Crippen LogP contribution >= 0.6 is 24.0 Å². The van der Waals surface area contributed by atoms with E-state index in [2.05, 4.69) is 69.7 Å². The molecular formula is C23H39IN6. The number of nitrogens with one attached hydrogen (secondary N) is 3. The van der Waals surface area contributed by atoms with Crippen LogP contribution in [0.4, 0.5) is 0 Å². The van der Waals surface area contributed by atoms with Crippen LogP contribution in [0.25, 0.3) is 10.9 Å². The summed E-state index contributed by atoms with van der Waals surface area (Å²) in [5.41, 5.74) is 2.56. The topological polar surface area (TPSA) is 58.7 Å². The van der Waals surface area contributed by atoms with E-state index in [0.717, 1.165) is 38.4 Å². The van der Waals surface area contributed by atoms with Gasteiger partial charge in [0.1, 0.15) is 0 Å². The van der Waals surface area contributed by atoms with Crippen LogP contribution in [0.15, 0.2) is 35.5 Å². The molecule has 168 valence electrons. The Morgan fingerprint density at radius 1 is 1.03 bits per heavy atom. The van der Waals surface area contributed by atoms with Crippen molar-refractivity contribution in [1.29, 1.82) is 0 Å². The van der Waals surface area contributed by atoms with Crippen LogP contribution in [0.2, 0.25) is 0 Å². The molecule has 0 radical (unpaired) electrons. The molecule has 1 fully saturated rings. The first-order valence-corrected chi connectivity index (χ1v) is 11.3. The number of unbranched alkanes of at least 4 members (excludes halogenated alkanes) is 1. The molecule has 3 rings (SSSR count). The molecule has 30 heavy (non-hydrogen) atoms. The fraction of sp³-hybridized carbons (Fsp3) is 0.609. The van der Waals surface area contributed by atoms with E-state index in [1.54, 1.807) is 0 Å². The van der Waals surface area contributed by atoms with Crippen LogP contribution in [0, 0.1) is 0 Å². The molecule has 0 bridgehead atoms. The fourth-order valence-corrected chi connectivity index (χ4v) is 3.96. The summed E-state index contributed by atoms with van der Waals surface area (Å²) in [4.78, 5) is 13.2. The van der Waals surface area contributed by atoms with E-state index in [1.807, 2.05) is 0 Å². The van der Waals surface area contributed by atoms with Gasteiger partial charge < -0.3 is 25.4 Å². The molecular weight excluding hydrogens is 487 g/mol. The number of hydrogen-bond acceptors (Lipinski definition) is 3. The van der Waals surface area contributed by atoms with Crippen molar-refractivity contribution >= 4 is 40.8 Å². The Hall–Kier alpha value is -1.32. The van der Waals surface area contributed by atoms with Crippen LogP contribution in [-0.4, -0.2) is 79.6 Å². The van der Waals surface area contributed by atoms with Crippen molar-refractivity contribution in [3.8, 4) is 0 Å². The van der Waals surface area contributed by atoms with Crippen molar-refractivity contribution in [2.75, 3.05) is 58.9 Å². The highest BCUT2D eigenvalue weighted by Crippen LogP contribution is 2.17. The fourth-order valence-electron chi connectivity index (χ4n) is 3.96. The summed E-state index contributed by atoms with van der Waals surface area (Å²) >= 11 is 0. The maximum Gasteiger partial charge on any atom is 0.191 e. The third-order valence-electron chi connectivity index (χ3n) is 5.77. The normalized spacial score (nSPS) is 15.9. The zero-order chi connectivity index (χ0) is 20.3. The Kier molecular flexibility index (Phi) is 11.5. The van der Waals surface area contributed by atoms with Crippen molar-refractivity contribution < 1.29 is 0 Å². The summed E-state index contributed by atoms with van der Waals surface area (Å²) in [5, 5.41) is 8.17. The Morgan fingerprint density at radius 2 is 1.80 bits per heavy atom. The van der Waals surface area contributed by atoms with Gasteiger partial charge in [0.15, 0.2) is 5.96 Å². The number of H-pyrrole nitrogens is 1. The Morgan fingerprint density at radius 3 is 2.57 bits per heavy atom. The van der Waals surface area contributed by atoms with Crippen molar-refractivity contribution in [3.63, 3.8) is 0 Å². The van der Waals surface area contributed by atoms with Crippen molar-refractivity contribution in [3.05, 3.63) is 36.0 Å². The second-order valence-corrected chi connectivity index (χ2v) is 7.78. The van der Waals surface area contributed by atoms with Gasteiger partial charge >= 0.3 is 0 Å². The molecule has 3 N–H and O–H groups in total. The molecule has 0 atom stereocenters. The Balaban J connectivity index is 0.00000320. The number of halogens is 1. The minimum Gasteiger partial charge on any atom is -0.361 e. The Labute approximate surface area is 198 Å². The number of aliphatic imine (C=N–C) groups is 1. The molecule has 0 aliphatic carbocycles. The molecule has 7 heteroatoms. The zero-order valence-electron chi connectivity index (χ0n) is 18.6. The molecule has 1 aliphatic heterocycles. The zero-order valence-corrected chi connectivity index (χ0v) is 21.0. The Bertz CT molecular complexity index is 751. The highest BCUT2D eigenvalue weighted by molar-refractivity contribution is 14.0. The molecule has 0 amide bonds. The van der Waals surface area contributed by atoms with Crippen LogP contribution in [0.5, 0.6) is 0 Å². The molecule has 0 spiro atoms. The van der Waals surface area contributed by atoms with E-state index in [1.165, 1.54) is 62.2 Å². The van der Waals surface area contributed by atoms with Crippen LogP contribution in [0.3, 0.4) is 0 Å². The third-order valence-corrected chi connectivity index (χ3v) is 5.77. The average Bonchev–Trinajstić information content (AvgIpc) is 3.17. The second-order valence-electron chi connectivity index (χ2n) is 7.78. The van der Waals surface area contributed by atoms with Gasteiger partial charge in [-0.05, 0) is 50.9 Å². The number of fused-ring (bicyclic) bond motifs is 1. The lowest BCUT2D eigenvalue weighted by Crippen LogP contribution is -2.46. The molecule has 1 aromatic carbocycles. The number of likely N-dealkylation sites (N-methyl/N-ethyl adjacent to an activating group) is 1. The lowest BCUT2D eigenvalue weighted by atomic mass is 10.1. The van der Waals surface area contributed by atoms with E-state index >= 15 is 0 Å². The van der Waals surface area contributed by atoms with Gasteiger partial charge in [0.05, 0.1) is 0 Å². The predicted molar refractivity (Wildman–Crippen MR) is 139 cm³/mol. The van der Waals surface area contributed by atoms with Crippen LogP contribution < -0.4 is 10.6 Å². The molecule has 2 aromatic rings. The highest BCUT2D eigenvalue weighted by Gasteiger charge is 2.14. The van der Waals surface area contributed by atoms with Crippen molar-refractivity contribution in [2.45, 2.75) is 33.1 Å². The first-order chi connectivity index (χ1) is 14.3. The number of guanidine groups is 1. The summed E-state index contributed by atoms with van der Waals surface area (Å²) in [5.74, 6) is 0.934. The van der Waals surface area contributed by atoms with E-state index in [-0.39, 0.29) is 24.0 Å². The maximum atomic E-state index is 4.76. The van der Waals surface area contributed by atoms with Gasteiger partial charge in [-0.2, -0.15) is 0 Å². The predicted octanol–water partition coefficient (Wildman–Crippen LogP) is 3.30. The van der Waals surface area contributed by atoms with Gasteiger partial charge in [0.2, 0.25) is 0 Å². The van der Waals surface area contributed by atoms with E-state index in [4.69, 9.17) is 4.99 Å². The minimum absolute atomic E-state index is 0. The first kappa shape index (κ1) is 24.9. The summed E-state index contributed by atoms with van der Waals surface area (Å²) < 4.78 is 0. The number of aromatic amines is 1. The highest BCUT2D eigenvalue weighted by atomic mass is 127. The smallest absolute Gasteiger partial charge is 0.191 e. The molecule has 0 unspecified atom stereocenters. The van der Waals surface area contributed by atoms with Gasteiger partial charge in [-0.3, -0.25) is 4.99 Å². The lowest BCUT2D eigenvalue weighted by Gasteiger charge is -2.33. The van der Waals surface area contributed by atoms with Gasteiger partial charge in [0, 0.05) is 62.9 Å². The number of hydrogen-bond donors (Lipinski definition) is 3. The molecule has 1 aromatic heterocycles. The van der Waals surface area contributed by atoms with Gasteiger partial charge in [0.25, 0.3) is 0 Å². The number of rotatable bonds is 10. The lowest BCUT2D eigenvalue weighted by molar-refractivity contribution is 0.136. The van der Waals surface area contributed by atoms with E-state index in [9.17, 15) is 0 Å². The molecule has 2 heterocycles. The second kappa shape index (κ2) is 13.9. The van der Waals surface area contributed by atoms with Gasteiger partial charge in [-0.1, -0.05) is 25.1 Å². The summed E-state index contributed by atoms with van der Waals surface area (Å²) in [6.07, 6.45) is 5.48. The SMILES string of the molecule is CCNC(=NCCCCN1CCN(CC)CC1)NCCc1c[nH]c2ccccc12.I. The van der Waals surface area contributed by atoms with E-state index < -0.39 is 0 Å². The van der Waals surface area contributed by atoms with Crippen molar-refractivity contribution in [2.24, 2.45) is 4.99 Å².